The summed E-state index contributed by atoms with van der Waals surface area (Å²) in [6, 6.07) is 25.1. The van der Waals surface area contributed by atoms with E-state index in [4.69, 9.17) is 4.42 Å². The number of anilines is 1. The van der Waals surface area contributed by atoms with Crippen LogP contribution < -0.4 is 4.90 Å². The molecule has 0 bridgehead atoms. The molecule has 0 aliphatic carbocycles. The molecule has 0 amide bonds. The Balaban J connectivity index is 1.41. The van der Waals surface area contributed by atoms with Crippen LogP contribution in [-0.2, 0) is 6.54 Å². The summed E-state index contributed by atoms with van der Waals surface area (Å²) in [6.45, 7) is 0.494. The molecular formula is C24H21N5O. The van der Waals surface area contributed by atoms with E-state index in [-0.39, 0.29) is 6.01 Å². The second kappa shape index (κ2) is 7.48. The molecule has 6 nitrogen and oxygen atoms in total. The maximum Gasteiger partial charge on any atom is 0.342 e. The number of aliphatic imine (C=N–C) groups is 1. The van der Waals surface area contributed by atoms with Gasteiger partial charge in [-0.05, 0) is 29.8 Å². The zero-order chi connectivity index (χ0) is 20.5. The Labute approximate surface area is 174 Å². The maximum atomic E-state index is 5.79. The van der Waals surface area contributed by atoms with Crippen molar-refractivity contribution in [2.24, 2.45) is 4.99 Å². The summed E-state index contributed by atoms with van der Waals surface area (Å²) in [7, 11) is 4.03. The van der Waals surface area contributed by atoms with E-state index < -0.39 is 0 Å². The van der Waals surface area contributed by atoms with Gasteiger partial charge in [-0.1, -0.05) is 53.6 Å². The predicted octanol–water partition coefficient (Wildman–Crippen LogP) is 5.04. The van der Waals surface area contributed by atoms with Crippen LogP contribution in [0, 0.1) is 0 Å². The molecule has 0 aliphatic heterocycles. The second-order valence-corrected chi connectivity index (χ2v) is 7.34. The van der Waals surface area contributed by atoms with E-state index in [2.05, 4.69) is 61.1 Å². The van der Waals surface area contributed by atoms with E-state index in [1.54, 1.807) is 6.21 Å². The average molecular weight is 395 g/mol. The van der Waals surface area contributed by atoms with Crippen molar-refractivity contribution in [2.75, 3.05) is 19.0 Å². The Morgan fingerprint density at radius 1 is 0.867 bits per heavy atom. The molecule has 3 aromatic carbocycles. The minimum Gasteiger partial charge on any atom is -0.405 e. The smallest absolute Gasteiger partial charge is 0.342 e. The van der Waals surface area contributed by atoms with Crippen LogP contribution >= 0.6 is 0 Å². The zero-order valence-electron chi connectivity index (χ0n) is 16.9. The van der Waals surface area contributed by atoms with Crippen LogP contribution in [0.2, 0.25) is 0 Å². The van der Waals surface area contributed by atoms with Gasteiger partial charge in [0.2, 0.25) is 5.89 Å². The highest BCUT2D eigenvalue weighted by Crippen LogP contribution is 2.29. The molecule has 5 aromatic rings. The highest BCUT2D eigenvalue weighted by molar-refractivity contribution is 6.08. The van der Waals surface area contributed by atoms with Gasteiger partial charge in [0.05, 0.1) is 0 Å². The van der Waals surface area contributed by atoms with E-state index in [1.807, 2.05) is 50.5 Å². The summed E-state index contributed by atoms with van der Waals surface area (Å²) in [6.07, 6.45) is 1.73. The lowest BCUT2D eigenvalue weighted by atomic mass is 10.2. The fourth-order valence-corrected chi connectivity index (χ4v) is 3.66. The number of rotatable bonds is 5. The highest BCUT2D eigenvalue weighted by atomic mass is 16.4. The minimum atomic E-state index is 0.252. The largest absolute Gasteiger partial charge is 0.405 e. The number of nitrogens with zero attached hydrogens (tertiary/aromatic N) is 5. The Morgan fingerprint density at radius 2 is 1.50 bits per heavy atom. The molecule has 0 saturated heterocycles. The molecule has 0 atom stereocenters. The first-order chi connectivity index (χ1) is 14.7. The van der Waals surface area contributed by atoms with Gasteiger partial charge in [0.1, 0.15) is 6.54 Å². The fraction of sp³-hybridized carbons (Fsp3) is 0.125. The van der Waals surface area contributed by atoms with Crippen LogP contribution in [0.1, 0.15) is 11.5 Å². The van der Waals surface area contributed by atoms with E-state index in [0.29, 0.717) is 12.4 Å². The van der Waals surface area contributed by atoms with Gasteiger partial charge < -0.3 is 13.9 Å². The van der Waals surface area contributed by atoms with E-state index in [1.165, 1.54) is 10.8 Å². The van der Waals surface area contributed by atoms with Crippen molar-refractivity contribution < 1.29 is 4.42 Å². The van der Waals surface area contributed by atoms with Crippen molar-refractivity contribution >= 4 is 39.7 Å². The lowest BCUT2D eigenvalue weighted by Gasteiger charge is -2.11. The van der Waals surface area contributed by atoms with Gasteiger partial charge in [0, 0.05) is 47.8 Å². The Morgan fingerprint density at radius 3 is 2.13 bits per heavy atom. The van der Waals surface area contributed by atoms with Gasteiger partial charge in [-0.25, -0.2) is 4.99 Å². The molecule has 0 saturated carbocycles. The summed E-state index contributed by atoms with van der Waals surface area (Å²) in [5, 5.41) is 10.7. The Hall–Kier alpha value is -3.93. The average Bonchev–Trinajstić information content (AvgIpc) is 3.36. The van der Waals surface area contributed by atoms with Gasteiger partial charge >= 0.3 is 6.01 Å². The van der Waals surface area contributed by atoms with E-state index >= 15 is 0 Å². The van der Waals surface area contributed by atoms with Gasteiger partial charge in [-0.15, -0.1) is 5.10 Å². The number of hydrogen-bond acceptors (Lipinski definition) is 5. The van der Waals surface area contributed by atoms with Gasteiger partial charge in [-0.3, -0.25) is 0 Å². The Bertz CT molecular complexity index is 1290. The first kappa shape index (κ1) is 18.1. The summed E-state index contributed by atoms with van der Waals surface area (Å²) in [5.41, 5.74) is 4.40. The molecule has 0 spiro atoms. The summed E-state index contributed by atoms with van der Waals surface area (Å²) >= 11 is 0. The third kappa shape index (κ3) is 3.33. The predicted molar refractivity (Wildman–Crippen MR) is 121 cm³/mol. The van der Waals surface area contributed by atoms with Gasteiger partial charge in [0.25, 0.3) is 0 Å². The van der Waals surface area contributed by atoms with E-state index in [0.717, 1.165) is 22.3 Å². The number of para-hydroxylation sites is 2. The lowest BCUT2D eigenvalue weighted by molar-refractivity contribution is 0.492. The van der Waals surface area contributed by atoms with Gasteiger partial charge in [-0.2, -0.15) is 0 Å². The number of hydrogen-bond donors (Lipinski definition) is 0. The van der Waals surface area contributed by atoms with Crippen molar-refractivity contribution in [1.82, 2.24) is 14.8 Å². The molecule has 0 N–H and O–H groups in total. The van der Waals surface area contributed by atoms with E-state index in [9.17, 15) is 0 Å². The van der Waals surface area contributed by atoms with Crippen LogP contribution in [-0.4, -0.2) is 35.1 Å². The second-order valence-electron chi connectivity index (χ2n) is 7.34. The third-order valence-electron chi connectivity index (χ3n) is 5.16. The molecule has 6 heteroatoms. The molecule has 2 heterocycles. The number of aromatic nitrogens is 3. The molecule has 30 heavy (non-hydrogen) atoms. The fourth-order valence-electron chi connectivity index (χ4n) is 3.66. The van der Waals surface area contributed by atoms with Crippen molar-refractivity contribution in [2.45, 2.75) is 6.54 Å². The molecule has 2 aromatic heterocycles. The first-order valence-electron chi connectivity index (χ1n) is 9.79. The summed E-state index contributed by atoms with van der Waals surface area (Å²) in [5.74, 6) is 0.525. The van der Waals surface area contributed by atoms with Crippen molar-refractivity contribution in [3.8, 4) is 0 Å². The zero-order valence-corrected chi connectivity index (χ0v) is 16.9. The summed E-state index contributed by atoms with van der Waals surface area (Å²) < 4.78 is 7.99. The van der Waals surface area contributed by atoms with Crippen LogP contribution in [0.25, 0.3) is 21.8 Å². The van der Waals surface area contributed by atoms with Crippen molar-refractivity contribution in [3.05, 3.63) is 84.3 Å². The first-order valence-corrected chi connectivity index (χ1v) is 9.79. The number of benzene rings is 3. The molecular weight excluding hydrogens is 374 g/mol. The minimum absolute atomic E-state index is 0.252. The van der Waals surface area contributed by atoms with Crippen LogP contribution in [0.5, 0.6) is 0 Å². The highest BCUT2D eigenvalue weighted by Gasteiger charge is 2.13. The number of fused-ring (bicyclic) bond motifs is 3. The monoisotopic (exact) mass is 395 g/mol. The molecule has 0 aliphatic rings. The normalized spacial score (nSPS) is 11.7. The third-order valence-corrected chi connectivity index (χ3v) is 5.16. The van der Waals surface area contributed by atoms with Crippen molar-refractivity contribution in [1.29, 1.82) is 0 Å². The van der Waals surface area contributed by atoms with Crippen LogP contribution in [0.3, 0.4) is 0 Å². The van der Waals surface area contributed by atoms with Crippen LogP contribution in [0.15, 0.2) is 82.2 Å². The van der Waals surface area contributed by atoms with Crippen LogP contribution in [0.4, 0.5) is 11.7 Å². The maximum absolute atomic E-state index is 5.79. The summed E-state index contributed by atoms with van der Waals surface area (Å²) in [4.78, 5) is 6.39. The molecule has 0 radical (unpaired) electrons. The molecule has 5 rings (SSSR count). The molecule has 0 unspecified atom stereocenters. The quantitative estimate of drug-likeness (QED) is 0.391. The topological polar surface area (TPSA) is 59.5 Å². The van der Waals surface area contributed by atoms with Crippen molar-refractivity contribution in [3.63, 3.8) is 0 Å². The molecule has 148 valence electrons. The SMILES string of the molecule is CN(C)c1ccc(/C=N/c2nnc(Cn3c4ccccc4c4ccccc43)o2)cc1. The molecule has 0 fully saturated rings. The van der Waals surface area contributed by atoms with Gasteiger partial charge in [0.15, 0.2) is 0 Å². The lowest BCUT2D eigenvalue weighted by Crippen LogP contribution is -2.08. The Kier molecular flexibility index (Phi) is 4.52. The standard InChI is InChI=1S/C24H21N5O/c1-28(2)18-13-11-17(12-14-18)15-25-24-27-26-23(30-24)16-29-21-9-5-3-7-19(21)20-8-4-6-10-22(20)29/h3-15H,16H2,1-2H3/b25-15+.